The molecule has 0 saturated heterocycles. The van der Waals surface area contributed by atoms with Gasteiger partial charge >= 0.3 is 5.97 Å². The number of nitrogens with one attached hydrogen (secondary N) is 1. The molecule has 2 N–H and O–H groups in total. The number of ether oxygens (including phenoxy) is 1. The minimum absolute atomic E-state index is 0.157. The topological polar surface area (TPSA) is 88.8 Å². The lowest BCUT2D eigenvalue weighted by Crippen LogP contribution is -2.15. The van der Waals surface area contributed by atoms with Crippen molar-refractivity contribution >= 4 is 17.6 Å². The number of hydrogen-bond donors (Lipinski definition) is 2. The van der Waals surface area contributed by atoms with Gasteiger partial charge in [-0.3, -0.25) is 4.79 Å². The lowest BCUT2D eigenvalue weighted by atomic mass is 10.2. The number of furan rings is 1. The van der Waals surface area contributed by atoms with Crippen LogP contribution in [0.15, 0.2) is 34.7 Å². The number of rotatable bonds is 6. The van der Waals surface area contributed by atoms with Gasteiger partial charge in [0.15, 0.2) is 6.61 Å². The molecule has 0 bridgehead atoms. The Morgan fingerprint density at radius 2 is 2.00 bits per heavy atom. The van der Waals surface area contributed by atoms with E-state index in [4.69, 9.17) is 14.3 Å². The van der Waals surface area contributed by atoms with Crippen molar-refractivity contribution in [3.05, 3.63) is 47.4 Å². The Balaban J connectivity index is 1.97. The molecule has 0 radical (unpaired) electrons. The van der Waals surface area contributed by atoms with Gasteiger partial charge in [0.25, 0.3) is 0 Å². The van der Waals surface area contributed by atoms with Gasteiger partial charge in [-0.25, -0.2) is 4.79 Å². The first-order chi connectivity index (χ1) is 10.4. The average molecular weight is 303 g/mol. The molecule has 0 aliphatic heterocycles. The Labute approximate surface area is 127 Å². The van der Waals surface area contributed by atoms with Crippen LogP contribution in [0.25, 0.3) is 0 Å². The number of benzene rings is 1. The molecule has 0 atom stereocenters. The van der Waals surface area contributed by atoms with Crippen molar-refractivity contribution < 1.29 is 23.8 Å². The monoisotopic (exact) mass is 303 g/mol. The third-order valence-corrected chi connectivity index (χ3v) is 2.97. The number of carboxylic acids is 1. The number of hydrogen-bond acceptors (Lipinski definition) is 4. The molecule has 6 heteroatoms. The van der Waals surface area contributed by atoms with Gasteiger partial charge in [-0.1, -0.05) is 0 Å². The molecule has 116 valence electrons. The van der Waals surface area contributed by atoms with Crippen LogP contribution in [-0.4, -0.2) is 23.6 Å². The summed E-state index contributed by atoms with van der Waals surface area (Å²) in [6, 6.07) is 8.54. The summed E-state index contributed by atoms with van der Waals surface area (Å²) in [4.78, 5) is 22.4. The van der Waals surface area contributed by atoms with Crippen molar-refractivity contribution in [2.75, 3.05) is 11.9 Å². The maximum Gasteiger partial charge on any atom is 0.341 e. The van der Waals surface area contributed by atoms with E-state index in [1.54, 1.807) is 31.2 Å². The predicted octanol–water partition coefficient (Wildman–Crippen LogP) is 2.54. The summed E-state index contributed by atoms with van der Waals surface area (Å²) in [6.45, 7) is 3.23. The second-order valence-electron chi connectivity index (χ2n) is 4.90. The Morgan fingerprint density at radius 1 is 1.23 bits per heavy atom. The van der Waals surface area contributed by atoms with E-state index in [1.807, 2.05) is 13.0 Å². The van der Waals surface area contributed by atoms with Crippen LogP contribution >= 0.6 is 0 Å². The first-order valence-corrected chi connectivity index (χ1v) is 6.74. The molecule has 0 fully saturated rings. The Kier molecular flexibility index (Phi) is 4.83. The highest BCUT2D eigenvalue weighted by atomic mass is 16.5. The van der Waals surface area contributed by atoms with Crippen LogP contribution in [0.5, 0.6) is 5.75 Å². The van der Waals surface area contributed by atoms with Gasteiger partial charge in [-0.2, -0.15) is 0 Å². The predicted molar refractivity (Wildman–Crippen MR) is 80.1 cm³/mol. The lowest BCUT2D eigenvalue weighted by Gasteiger charge is -2.10. The van der Waals surface area contributed by atoms with Gasteiger partial charge in [-0.15, -0.1) is 0 Å². The van der Waals surface area contributed by atoms with Gasteiger partial charge in [0.1, 0.15) is 17.3 Å². The molecule has 1 amide bonds. The summed E-state index contributed by atoms with van der Waals surface area (Å²) in [7, 11) is 0. The number of carbonyl (C=O) groups excluding carboxylic acids is 1. The summed E-state index contributed by atoms with van der Waals surface area (Å²) < 4.78 is 10.4. The fourth-order valence-corrected chi connectivity index (χ4v) is 1.94. The molecule has 22 heavy (non-hydrogen) atoms. The zero-order valence-electron chi connectivity index (χ0n) is 12.4. The molecule has 6 nitrogen and oxygen atoms in total. The normalized spacial score (nSPS) is 10.3. The molecule has 1 aromatic carbocycles. The summed E-state index contributed by atoms with van der Waals surface area (Å²) in [6.07, 6.45) is 0.157. The lowest BCUT2D eigenvalue weighted by molar-refractivity contribution is -0.139. The van der Waals surface area contributed by atoms with Gasteiger partial charge in [-0.05, 0) is 49.7 Å². The van der Waals surface area contributed by atoms with E-state index in [-0.39, 0.29) is 12.3 Å². The molecule has 1 heterocycles. The van der Waals surface area contributed by atoms with Crippen LogP contribution in [0.3, 0.4) is 0 Å². The second kappa shape index (κ2) is 6.80. The van der Waals surface area contributed by atoms with Crippen LogP contribution < -0.4 is 10.1 Å². The minimum atomic E-state index is -1.04. The number of amides is 1. The van der Waals surface area contributed by atoms with E-state index < -0.39 is 12.6 Å². The maximum atomic E-state index is 12.0. The Morgan fingerprint density at radius 3 is 2.59 bits per heavy atom. The molecule has 0 aliphatic rings. The number of carbonyl (C=O) groups is 2. The molecule has 0 saturated carbocycles. The third-order valence-electron chi connectivity index (χ3n) is 2.97. The highest BCUT2D eigenvalue weighted by Crippen LogP contribution is 2.21. The summed E-state index contributed by atoms with van der Waals surface area (Å²) >= 11 is 0. The molecule has 1 aromatic heterocycles. The first-order valence-electron chi connectivity index (χ1n) is 6.74. The van der Waals surface area contributed by atoms with E-state index >= 15 is 0 Å². The van der Waals surface area contributed by atoms with Crippen molar-refractivity contribution in [2.24, 2.45) is 0 Å². The van der Waals surface area contributed by atoms with Crippen molar-refractivity contribution in [3.63, 3.8) is 0 Å². The van der Waals surface area contributed by atoms with Crippen molar-refractivity contribution in [1.29, 1.82) is 0 Å². The first kappa shape index (κ1) is 15.6. The van der Waals surface area contributed by atoms with Crippen LogP contribution in [0, 0.1) is 13.8 Å². The molecule has 2 rings (SSSR count). The summed E-state index contributed by atoms with van der Waals surface area (Å²) in [5, 5.41) is 11.4. The van der Waals surface area contributed by atoms with Crippen LogP contribution in [-0.2, 0) is 16.0 Å². The molecule has 0 aliphatic carbocycles. The van der Waals surface area contributed by atoms with E-state index in [0.717, 1.165) is 11.3 Å². The van der Waals surface area contributed by atoms with Gasteiger partial charge < -0.3 is 19.6 Å². The summed E-state index contributed by atoms with van der Waals surface area (Å²) in [5.41, 5.74) is 1.43. The standard InChI is InChI=1S/C16H17NO5/c1-10-7-12(21-9-16(19)20)5-6-14(10)17-15(18)8-13-4-3-11(2)22-13/h3-7H,8-9H2,1-2H3,(H,17,18)(H,19,20). The fraction of sp³-hybridized carbons (Fsp3) is 0.250. The average Bonchev–Trinajstić information content (AvgIpc) is 2.84. The van der Waals surface area contributed by atoms with E-state index in [1.165, 1.54) is 0 Å². The molecule has 2 aromatic rings. The van der Waals surface area contributed by atoms with E-state index in [2.05, 4.69) is 5.32 Å². The quantitative estimate of drug-likeness (QED) is 0.856. The highest BCUT2D eigenvalue weighted by molar-refractivity contribution is 5.92. The zero-order chi connectivity index (χ0) is 16.1. The number of aliphatic carboxylic acids is 1. The Bertz CT molecular complexity index is 690. The Hall–Kier alpha value is -2.76. The maximum absolute atomic E-state index is 12.0. The number of anilines is 1. The largest absolute Gasteiger partial charge is 0.482 e. The fourth-order valence-electron chi connectivity index (χ4n) is 1.94. The summed E-state index contributed by atoms with van der Waals surface area (Å²) in [5.74, 6) is 0.591. The van der Waals surface area contributed by atoms with Gasteiger partial charge in [0, 0.05) is 5.69 Å². The van der Waals surface area contributed by atoms with E-state index in [0.29, 0.717) is 17.2 Å². The van der Waals surface area contributed by atoms with Crippen LogP contribution in [0.1, 0.15) is 17.1 Å². The van der Waals surface area contributed by atoms with Crippen LogP contribution in [0.2, 0.25) is 0 Å². The number of carboxylic acid groups (broad SMARTS) is 1. The smallest absolute Gasteiger partial charge is 0.341 e. The highest BCUT2D eigenvalue weighted by Gasteiger charge is 2.09. The SMILES string of the molecule is Cc1ccc(CC(=O)Nc2ccc(OCC(=O)O)cc2C)o1. The van der Waals surface area contributed by atoms with Crippen molar-refractivity contribution in [2.45, 2.75) is 20.3 Å². The minimum Gasteiger partial charge on any atom is -0.482 e. The molecule has 0 spiro atoms. The molecule has 0 unspecified atom stereocenters. The van der Waals surface area contributed by atoms with Gasteiger partial charge in [0.05, 0.1) is 6.42 Å². The number of aryl methyl sites for hydroxylation is 2. The third kappa shape index (κ3) is 4.37. The van der Waals surface area contributed by atoms with Gasteiger partial charge in [0.2, 0.25) is 5.91 Å². The zero-order valence-corrected chi connectivity index (χ0v) is 12.4. The second-order valence-corrected chi connectivity index (χ2v) is 4.90. The van der Waals surface area contributed by atoms with Crippen LogP contribution in [0.4, 0.5) is 5.69 Å². The van der Waals surface area contributed by atoms with Crippen molar-refractivity contribution in [3.8, 4) is 5.75 Å². The van der Waals surface area contributed by atoms with E-state index in [9.17, 15) is 9.59 Å². The van der Waals surface area contributed by atoms with Crippen molar-refractivity contribution in [1.82, 2.24) is 0 Å². The molecular weight excluding hydrogens is 286 g/mol. The molecular formula is C16H17NO5.